The fourth-order valence-corrected chi connectivity index (χ4v) is 2.60. The van der Waals surface area contributed by atoms with E-state index in [1.165, 1.54) is 11.3 Å². The number of hydrogen-bond acceptors (Lipinski definition) is 3. The number of pyridine rings is 1. The first-order valence-corrected chi connectivity index (χ1v) is 6.05. The number of aryl methyl sites for hydroxylation is 1. The van der Waals surface area contributed by atoms with Gasteiger partial charge in [0.15, 0.2) is 0 Å². The molecule has 0 fully saturated rings. The van der Waals surface area contributed by atoms with Gasteiger partial charge in [-0.25, -0.2) is 0 Å². The second-order valence-corrected chi connectivity index (χ2v) is 4.89. The summed E-state index contributed by atoms with van der Waals surface area (Å²) in [5.41, 5.74) is 1.68. The summed E-state index contributed by atoms with van der Waals surface area (Å²) >= 11 is 4.80. The maximum Gasteiger partial charge on any atom is 0.204 e. The molecule has 2 aromatic heterocycles. The van der Waals surface area contributed by atoms with Crippen molar-refractivity contribution in [3.63, 3.8) is 0 Å². The molecule has 4 heteroatoms. The van der Waals surface area contributed by atoms with E-state index in [4.69, 9.17) is 0 Å². The second kappa shape index (κ2) is 4.24. The minimum Gasteiger partial charge on any atom is -0.288 e. The predicted octanol–water partition coefficient (Wildman–Crippen LogP) is 3.45. The largest absolute Gasteiger partial charge is 0.288 e. The average Bonchev–Trinajstić information content (AvgIpc) is 2.64. The second-order valence-electron chi connectivity index (χ2n) is 3.12. The Morgan fingerprint density at radius 1 is 1.47 bits per heavy atom. The Hall–Kier alpha value is -1.00. The van der Waals surface area contributed by atoms with Gasteiger partial charge in [0.2, 0.25) is 5.78 Å². The zero-order valence-electron chi connectivity index (χ0n) is 8.03. The van der Waals surface area contributed by atoms with Gasteiger partial charge >= 0.3 is 0 Å². The number of ketones is 1. The van der Waals surface area contributed by atoms with E-state index >= 15 is 0 Å². The zero-order valence-corrected chi connectivity index (χ0v) is 10.4. The number of aromatic nitrogens is 1. The van der Waals surface area contributed by atoms with Crippen LogP contribution in [0.3, 0.4) is 0 Å². The summed E-state index contributed by atoms with van der Waals surface area (Å²) in [5, 5.41) is 1.93. The van der Waals surface area contributed by atoms with Gasteiger partial charge in [-0.3, -0.25) is 9.78 Å². The van der Waals surface area contributed by atoms with Gasteiger partial charge in [0.25, 0.3) is 0 Å². The van der Waals surface area contributed by atoms with E-state index in [-0.39, 0.29) is 5.78 Å². The molecule has 0 aromatic carbocycles. The van der Waals surface area contributed by atoms with Gasteiger partial charge in [-0.15, -0.1) is 11.3 Å². The van der Waals surface area contributed by atoms with E-state index in [0.29, 0.717) is 5.56 Å². The van der Waals surface area contributed by atoms with Crippen molar-refractivity contribution in [2.75, 3.05) is 0 Å². The lowest BCUT2D eigenvalue weighted by molar-refractivity contribution is 0.104. The summed E-state index contributed by atoms with van der Waals surface area (Å²) in [5.74, 6) is 0.0526. The van der Waals surface area contributed by atoms with Gasteiger partial charge in [0, 0.05) is 22.4 Å². The smallest absolute Gasteiger partial charge is 0.204 e. The van der Waals surface area contributed by atoms with Crippen LogP contribution in [0.15, 0.2) is 34.4 Å². The number of hydrogen-bond donors (Lipinski definition) is 0. The normalized spacial score (nSPS) is 10.3. The Balaban J connectivity index is 2.46. The third-order valence-electron chi connectivity index (χ3n) is 2.09. The van der Waals surface area contributed by atoms with E-state index in [2.05, 4.69) is 20.9 Å². The van der Waals surface area contributed by atoms with E-state index in [1.807, 2.05) is 18.4 Å². The molecule has 0 aliphatic rings. The maximum atomic E-state index is 12.1. The number of nitrogens with zero attached hydrogens (tertiary/aromatic N) is 1. The van der Waals surface area contributed by atoms with Gasteiger partial charge in [0.1, 0.15) is 0 Å². The van der Waals surface area contributed by atoms with Crippen molar-refractivity contribution in [2.45, 2.75) is 6.92 Å². The standard InChI is InChI=1S/C11H8BrNOS/c1-7-3-5-15-11(7)10(14)8-2-4-13-6-9(8)12/h2-6H,1H3. The highest BCUT2D eigenvalue weighted by atomic mass is 79.9. The van der Waals surface area contributed by atoms with Crippen LogP contribution in [0.4, 0.5) is 0 Å². The van der Waals surface area contributed by atoms with Crippen molar-refractivity contribution in [2.24, 2.45) is 0 Å². The van der Waals surface area contributed by atoms with Gasteiger partial charge in [-0.05, 0) is 45.9 Å². The Labute approximate surface area is 100 Å². The molecule has 2 heterocycles. The zero-order chi connectivity index (χ0) is 10.8. The third kappa shape index (κ3) is 2.01. The molecule has 0 saturated carbocycles. The van der Waals surface area contributed by atoms with E-state index in [0.717, 1.165) is 14.9 Å². The lowest BCUT2D eigenvalue weighted by Crippen LogP contribution is -2.01. The van der Waals surface area contributed by atoms with Crippen molar-refractivity contribution < 1.29 is 4.79 Å². The van der Waals surface area contributed by atoms with Crippen LogP contribution in [0.25, 0.3) is 0 Å². The maximum absolute atomic E-state index is 12.1. The molecule has 0 bridgehead atoms. The summed E-state index contributed by atoms with van der Waals surface area (Å²) in [6.45, 7) is 1.94. The van der Waals surface area contributed by atoms with E-state index in [9.17, 15) is 4.79 Å². The lowest BCUT2D eigenvalue weighted by Gasteiger charge is -2.01. The van der Waals surface area contributed by atoms with Crippen molar-refractivity contribution >= 4 is 33.0 Å². The molecule has 0 amide bonds. The van der Waals surface area contributed by atoms with Crippen molar-refractivity contribution in [1.82, 2.24) is 4.98 Å². The highest BCUT2D eigenvalue weighted by Crippen LogP contribution is 2.23. The molecular formula is C11H8BrNOS. The van der Waals surface area contributed by atoms with Crippen LogP contribution >= 0.6 is 27.3 Å². The Morgan fingerprint density at radius 3 is 2.87 bits per heavy atom. The molecule has 15 heavy (non-hydrogen) atoms. The topological polar surface area (TPSA) is 30.0 Å². The predicted molar refractivity (Wildman–Crippen MR) is 64.4 cm³/mol. The first-order valence-electron chi connectivity index (χ1n) is 4.38. The minimum absolute atomic E-state index is 0.0526. The van der Waals surface area contributed by atoms with Gasteiger partial charge in [-0.1, -0.05) is 0 Å². The molecule has 0 saturated heterocycles. The molecule has 76 valence electrons. The van der Waals surface area contributed by atoms with Crippen molar-refractivity contribution in [3.05, 3.63) is 50.4 Å². The number of carbonyl (C=O) groups is 1. The Kier molecular flexibility index (Phi) is 2.98. The molecular weight excluding hydrogens is 274 g/mol. The van der Waals surface area contributed by atoms with Crippen molar-refractivity contribution in [3.8, 4) is 0 Å². The SMILES string of the molecule is Cc1ccsc1C(=O)c1ccncc1Br. The molecule has 0 radical (unpaired) electrons. The molecule has 0 spiro atoms. The van der Waals surface area contributed by atoms with Crippen LogP contribution in [0.2, 0.25) is 0 Å². The van der Waals surface area contributed by atoms with Crippen LogP contribution < -0.4 is 0 Å². The molecule has 0 unspecified atom stereocenters. The van der Waals surface area contributed by atoms with Crippen molar-refractivity contribution in [1.29, 1.82) is 0 Å². The monoisotopic (exact) mass is 281 g/mol. The molecule has 0 aliphatic carbocycles. The molecule has 2 aromatic rings. The minimum atomic E-state index is 0.0526. The van der Waals surface area contributed by atoms with Gasteiger partial charge in [-0.2, -0.15) is 0 Å². The molecule has 2 nitrogen and oxygen atoms in total. The summed E-state index contributed by atoms with van der Waals surface area (Å²) in [6, 6.07) is 3.68. The Morgan fingerprint density at radius 2 is 2.27 bits per heavy atom. The van der Waals surface area contributed by atoms with Crippen LogP contribution in [-0.2, 0) is 0 Å². The Bertz CT molecular complexity index is 507. The first-order chi connectivity index (χ1) is 7.20. The third-order valence-corrected chi connectivity index (χ3v) is 3.73. The quantitative estimate of drug-likeness (QED) is 0.790. The van der Waals surface area contributed by atoms with Gasteiger partial charge in [0.05, 0.1) is 4.88 Å². The first kappa shape index (κ1) is 10.5. The number of rotatable bonds is 2. The fraction of sp³-hybridized carbons (Fsp3) is 0.0909. The van der Waals surface area contributed by atoms with E-state index in [1.54, 1.807) is 18.5 Å². The average molecular weight is 282 g/mol. The highest BCUT2D eigenvalue weighted by molar-refractivity contribution is 9.10. The van der Waals surface area contributed by atoms with Crippen LogP contribution in [0, 0.1) is 6.92 Å². The van der Waals surface area contributed by atoms with Crippen LogP contribution in [0.1, 0.15) is 20.8 Å². The van der Waals surface area contributed by atoms with Crippen LogP contribution in [-0.4, -0.2) is 10.8 Å². The summed E-state index contributed by atoms with van der Waals surface area (Å²) in [6.07, 6.45) is 3.26. The molecule has 2 rings (SSSR count). The molecule has 0 N–H and O–H groups in total. The molecule has 0 atom stereocenters. The number of carbonyl (C=O) groups excluding carboxylic acids is 1. The molecule has 0 aliphatic heterocycles. The van der Waals surface area contributed by atoms with Crippen LogP contribution in [0.5, 0.6) is 0 Å². The fourth-order valence-electron chi connectivity index (χ4n) is 1.29. The van der Waals surface area contributed by atoms with Gasteiger partial charge < -0.3 is 0 Å². The summed E-state index contributed by atoms with van der Waals surface area (Å²) in [7, 11) is 0. The summed E-state index contributed by atoms with van der Waals surface area (Å²) < 4.78 is 0.739. The highest BCUT2D eigenvalue weighted by Gasteiger charge is 2.15. The summed E-state index contributed by atoms with van der Waals surface area (Å²) in [4.78, 5) is 16.8. The lowest BCUT2D eigenvalue weighted by atomic mass is 10.1. The number of halogens is 1. The number of thiophene rings is 1. The van der Waals surface area contributed by atoms with E-state index < -0.39 is 0 Å².